The Kier molecular flexibility index (Phi) is 4.07. The molecule has 0 spiro atoms. The van der Waals surface area contributed by atoms with Crippen molar-refractivity contribution in [1.29, 1.82) is 0 Å². The first-order valence-electron chi connectivity index (χ1n) is 9.66. The molecule has 1 N–H and O–H groups in total. The SMILES string of the molecule is Cc1cc(-c2nc3ccc(C4(c5ccccc5)CC4)nc3s2)cc(C)c1CO. The average molecular weight is 387 g/mol. The highest BCUT2D eigenvalue weighted by Gasteiger charge is 2.47. The number of rotatable bonds is 4. The van der Waals surface area contributed by atoms with E-state index in [9.17, 15) is 5.11 Å². The maximum atomic E-state index is 9.56. The summed E-state index contributed by atoms with van der Waals surface area (Å²) in [6.07, 6.45) is 2.31. The number of aromatic nitrogens is 2. The summed E-state index contributed by atoms with van der Waals surface area (Å²) in [5.41, 5.74) is 7.86. The number of pyridine rings is 1. The quantitative estimate of drug-likeness (QED) is 0.500. The zero-order valence-corrected chi connectivity index (χ0v) is 16.9. The predicted molar refractivity (Wildman–Crippen MR) is 115 cm³/mol. The van der Waals surface area contributed by atoms with Crippen molar-refractivity contribution < 1.29 is 5.11 Å². The number of nitrogens with zero attached hydrogens (tertiary/aromatic N) is 2. The van der Waals surface area contributed by atoms with Crippen molar-refractivity contribution in [2.75, 3.05) is 0 Å². The number of thiazole rings is 1. The smallest absolute Gasteiger partial charge is 0.144 e. The van der Waals surface area contributed by atoms with Crippen molar-refractivity contribution in [2.24, 2.45) is 0 Å². The molecular formula is C24H22N2OS. The molecule has 2 aromatic carbocycles. The van der Waals surface area contributed by atoms with Gasteiger partial charge in [-0.25, -0.2) is 9.97 Å². The van der Waals surface area contributed by atoms with E-state index in [2.05, 4.69) is 54.6 Å². The van der Waals surface area contributed by atoms with Crippen LogP contribution in [0.2, 0.25) is 0 Å². The van der Waals surface area contributed by atoms with Crippen LogP contribution >= 0.6 is 11.3 Å². The molecular weight excluding hydrogens is 364 g/mol. The van der Waals surface area contributed by atoms with E-state index in [0.29, 0.717) is 0 Å². The van der Waals surface area contributed by atoms with Crippen LogP contribution in [0.5, 0.6) is 0 Å². The second-order valence-electron chi connectivity index (χ2n) is 7.73. The third kappa shape index (κ3) is 2.76. The first kappa shape index (κ1) is 17.5. The van der Waals surface area contributed by atoms with Gasteiger partial charge in [0.25, 0.3) is 0 Å². The molecule has 0 aliphatic heterocycles. The minimum Gasteiger partial charge on any atom is -0.392 e. The van der Waals surface area contributed by atoms with Crippen LogP contribution in [-0.4, -0.2) is 15.1 Å². The Morgan fingerprint density at radius 3 is 2.32 bits per heavy atom. The Bertz CT molecular complexity index is 1150. The van der Waals surface area contributed by atoms with Crippen LogP contribution in [0, 0.1) is 13.8 Å². The fraction of sp³-hybridized carbons (Fsp3) is 0.250. The molecule has 4 heteroatoms. The Hall–Kier alpha value is -2.56. The Morgan fingerprint density at radius 2 is 1.68 bits per heavy atom. The van der Waals surface area contributed by atoms with E-state index in [1.54, 1.807) is 11.3 Å². The van der Waals surface area contributed by atoms with E-state index in [0.717, 1.165) is 56.1 Å². The Balaban J connectivity index is 1.57. The first-order chi connectivity index (χ1) is 13.6. The van der Waals surface area contributed by atoms with Crippen molar-refractivity contribution in [1.82, 2.24) is 9.97 Å². The highest BCUT2D eigenvalue weighted by molar-refractivity contribution is 7.21. The number of hydrogen-bond acceptors (Lipinski definition) is 4. The monoisotopic (exact) mass is 386 g/mol. The Morgan fingerprint density at radius 1 is 0.964 bits per heavy atom. The topological polar surface area (TPSA) is 46.0 Å². The molecule has 1 aliphatic rings. The maximum Gasteiger partial charge on any atom is 0.144 e. The molecule has 0 unspecified atom stereocenters. The van der Waals surface area contributed by atoms with Crippen molar-refractivity contribution in [2.45, 2.75) is 38.7 Å². The van der Waals surface area contributed by atoms with Crippen molar-refractivity contribution in [3.05, 3.63) is 82.5 Å². The molecule has 5 rings (SSSR count). The molecule has 0 saturated heterocycles. The highest BCUT2D eigenvalue weighted by atomic mass is 32.1. The predicted octanol–water partition coefficient (Wildman–Crippen LogP) is 5.55. The van der Waals surface area contributed by atoms with Gasteiger partial charge in [0.05, 0.1) is 12.3 Å². The number of aryl methyl sites for hydroxylation is 2. The lowest BCUT2D eigenvalue weighted by molar-refractivity contribution is 0.280. The lowest BCUT2D eigenvalue weighted by Gasteiger charge is -2.14. The number of aliphatic hydroxyl groups is 1. The molecule has 3 nitrogen and oxygen atoms in total. The molecule has 0 bridgehead atoms. The minimum atomic E-state index is 0.0737. The minimum absolute atomic E-state index is 0.0737. The van der Waals surface area contributed by atoms with Crippen molar-refractivity contribution >= 4 is 21.7 Å². The maximum absolute atomic E-state index is 9.56. The summed E-state index contributed by atoms with van der Waals surface area (Å²) in [4.78, 5) is 10.9. The summed E-state index contributed by atoms with van der Waals surface area (Å²) in [5, 5.41) is 10.5. The standard InChI is InChI=1S/C24H22N2OS/c1-15-12-17(13-16(2)19(15)14-27)22-25-20-8-9-21(26-23(20)28-22)24(10-11-24)18-6-4-3-5-7-18/h3-9,12-13,27H,10-11,14H2,1-2H3. The second-order valence-corrected chi connectivity index (χ2v) is 8.71. The molecule has 1 fully saturated rings. The molecule has 28 heavy (non-hydrogen) atoms. The summed E-state index contributed by atoms with van der Waals surface area (Å²) in [6.45, 7) is 4.16. The molecule has 0 atom stereocenters. The molecule has 1 aliphatic carbocycles. The van der Waals surface area contributed by atoms with Gasteiger partial charge in [-0.1, -0.05) is 41.7 Å². The van der Waals surface area contributed by atoms with E-state index in [1.807, 2.05) is 13.8 Å². The van der Waals surface area contributed by atoms with Gasteiger partial charge in [-0.05, 0) is 73.2 Å². The third-order valence-electron chi connectivity index (χ3n) is 5.92. The highest BCUT2D eigenvalue weighted by Crippen LogP contribution is 2.53. The van der Waals surface area contributed by atoms with E-state index < -0.39 is 0 Å². The average Bonchev–Trinajstić information content (AvgIpc) is 3.41. The molecule has 2 aromatic heterocycles. The number of fused-ring (bicyclic) bond motifs is 1. The van der Waals surface area contributed by atoms with Crippen molar-refractivity contribution in [3.8, 4) is 10.6 Å². The molecule has 140 valence electrons. The summed E-state index contributed by atoms with van der Waals surface area (Å²) >= 11 is 1.65. The molecule has 4 aromatic rings. The van der Waals surface area contributed by atoms with Crippen LogP contribution in [0.3, 0.4) is 0 Å². The largest absolute Gasteiger partial charge is 0.392 e. The van der Waals surface area contributed by atoms with Gasteiger partial charge in [0, 0.05) is 11.0 Å². The second kappa shape index (κ2) is 6.50. The lowest BCUT2D eigenvalue weighted by atomic mass is 9.92. The van der Waals surface area contributed by atoms with E-state index >= 15 is 0 Å². The van der Waals surface area contributed by atoms with Gasteiger partial charge in [-0.15, -0.1) is 0 Å². The van der Waals surface area contributed by atoms with Gasteiger partial charge < -0.3 is 5.11 Å². The fourth-order valence-electron chi connectivity index (χ4n) is 4.15. The molecule has 2 heterocycles. The van der Waals surface area contributed by atoms with Crippen LogP contribution in [0.1, 0.15) is 40.8 Å². The van der Waals surface area contributed by atoms with Gasteiger partial charge in [-0.2, -0.15) is 0 Å². The Labute approximate surface area is 168 Å². The van der Waals surface area contributed by atoms with Crippen LogP contribution in [-0.2, 0) is 12.0 Å². The van der Waals surface area contributed by atoms with Crippen LogP contribution in [0.4, 0.5) is 0 Å². The van der Waals surface area contributed by atoms with Crippen LogP contribution in [0.25, 0.3) is 20.9 Å². The van der Waals surface area contributed by atoms with Gasteiger partial charge in [-0.3, -0.25) is 0 Å². The first-order valence-corrected chi connectivity index (χ1v) is 10.5. The van der Waals surface area contributed by atoms with Gasteiger partial charge in [0.1, 0.15) is 15.4 Å². The summed E-state index contributed by atoms with van der Waals surface area (Å²) in [7, 11) is 0. The van der Waals surface area contributed by atoms with Crippen LogP contribution in [0.15, 0.2) is 54.6 Å². The summed E-state index contributed by atoms with van der Waals surface area (Å²) in [5.74, 6) is 0. The van der Waals surface area contributed by atoms with Gasteiger partial charge in [0.15, 0.2) is 0 Å². The summed E-state index contributed by atoms with van der Waals surface area (Å²) < 4.78 is 0. The van der Waals surface area contributed by atoms with Crippen LogP contribution < -0.4 is 0 Å². The number of aliphatic hydroxyl groups excluding tert-OH is 1. The number of benzene rings is 2. The summed E-state index contributed by atoms with van der Waals surface area (Å²) in [6, 6.07) is 19.2. The zero-order valence-electron chi connectivity index (χ0n) is 16.1. The molecule has 0 amide bonds. The lowest BCUT2D eigenvalue weighted by Crippen LogP contribution is -2.10. The zero-order chi connectivity index (χ0) is 19.3. The van der Waals surface area contributed by atoms with Crippen molar-refractivity contribution in [3.63, 3.8) is 0 Å². The van der Waals surface area contributed by atoms with Gasteiger partial charge >= 0.3 is 0 Å². The fourth-order valence-corrected chi connectivity index (χ4v) is 5.07. The number of hydrogen-bond donors (Lipinski definition) is 1. The molecule has 1 saturated carbocycles. The van der Waals surface area contributed by atoms with E-state index in [-0.39, 0.29) is 12.0 Å². The normalized spacial score (nSPS) is 15.1. The van der Waals surface area contributed by atoms with E-state index in [4.69, 9.17) is 9.97 Å². The van der Waals surface area contributed by atoms with E-state index in [1.165, 1.54) is 5.56 Å². The molecule has 0 radical (unpaired) electrons. The van der Waals surface area contributed by atoms with Gasteiger partial charge in [0.2, 0.25) is 0 Å². The third-order valence-corrected chi connectivity index (χ3v) is 6.94.